The summed E-state index contributed by atoms with van der Waals surface area (Å²) >= 11 is 0. The fourth-order valence-electron chi connectivity index (χ4n) is 2.19. The first-order valence-corrected chi connectivity index (χ1v) is 8.08. The number of H-pyrrole nitrogens is 1. The van der Waals surface area contributed by atoms with Crippen LogP contribution in [-0.4, -0.2) is 25.5 Å². The average molecular weight is 317 g/mol. The predicted molar refractivity (Wildman–Crippen MR) is 84.6 cm³/mol. The number of aryl methyl sites for hydroxylation is 1. The number of nitrogens with zero attached hydrogens (tertiary/aromatic N) is 1. The quantitative estimate of drug-likeness (QED) is 0.775. The molecule has 0 bridgehead atoms. The van der Waals surface area contributed by atoms with Crippen LogP contribution < -0.4 is 9.46 Å². The van der Waals surface area contributed by atoms with Crippen LogP contribution in [0, 0.1) is 6.92 Å². The molecule has 0 amide bonds. The molecule has 0 saturated carbocycles. The molecular formula is C15H15N3O3S. The number of rotatable bonds is 4. The highest BCUT2D eigenvalue weighted by molar-refractivity contribution is 7.92. The van der Waals surface area contributed by atoms with Crippen LogP contribution >= 0.6 is 0 Å². The number of hydrogen-bond acceptors (Lipinski definition) is 4. The summed E-state index contributed by atoms with van der Waals surface area (Å²) < 4.78 is 32.9. The summed E-state index contributed by atoms with van der Waals surface area (Å²) in [4.78, 5) is 7.13. The zero-order valence-electron chi connectivity index (χ0n) is 12.1. The highest BCUT2D eigenvalue weighted by Crippen LogP contribution is 2.28. The van der Waals surface area contributed by atoms with E-state index < -0.39 is 10.0 Å². The molecule has 1 heterocycles. The summed E-state index contributed by atoms with van der Waals surface area (Å²) in [5.41, 5.74) is 2.72. The molecule has 0 unspecified atom stereocenters. The Balaban J connectivity index is 2.01. The van der Waals surface area contributed by atoms with Crippen molar-refractivity contribution in [2.24, 2.45) is 0 Å². The topological polar surface area (TPSA) is 84.1 Å². The Morgan fingerprint density at radius 3 is 2.77 bits per heavy atom. The number of aromatic amines is 1. The molecule has 2 N–H and O–H groups in total. The van der Waals surface area contributed by atoms with Gasteiger partial charge in [0.15, 0.2) is 0 Å². The number of imidazole rings is 1. The first kappa shape index (κ1) is 14.4. The average Bonchev–Trinajstić information content (AvgIpc) is 2.94. The summed E-state index contributed by atoms with van der Waals surface area (Å²) in [6.45, 7) is 1.88. The van der Waals surface area contributed by atoms with E-state index in [1.54, 1.807) is 24.3 Å². The van der Waals surface area contributed by atoms with Gasteiger partial charge in [-0.1, -0.05) is 6.07 Å². The van der Waals surface area contributed by atoms with E-state index in [4.69, 9.17) is 4.74 Å². The van der Waals surface area contributed by atoms with Gasteiger partial charge >= 0.3 is 0 Å². The van der Waals surface area contributed by atoms with Gasteiger partial charge in [0.05, 0.1) is 35.1 Å². The molecule has 0 aliphatic heterocycles. The van der Waals surface area contributed by atoms with E-state index >= 15 is 0 Å². The number of fused-ring (bicyclic) bond motifs is 1. The SMILES string of the molecule is COc1ccc(C)cc1NS(=O)(=O)c1ccc2nc[nH]c2c1. The van der Waals surface area contributed by atoms with E-state index in [2.05, 4.69) is 14.7 Å². The van der Waals surface area contributed by atoms with Crippen molar-refractivity contribution in [3.63, 3.8) is 0 Å². The molecule has 0 fully saturated rings. The molecule has 0 spiro atoms. The maximum Gasteiger partial charge on any atom is 0.262 e. The minimum Gasteiger partial charge on any atom is -0.495 e. The van der Waals surface area contributed by atoms with Crippen molar-refractivity contribution in [3.8, 4) is 5.75 Å². The van der Waals surface area contributed by atoms with Crippen molar-refractivity contribution in [2.75, 3.05) is 11.8 Å². The van der Waals surface area contributed by atoms with Gasteiger partial charge < -0.3 is 9.72 Å². The summed E-state index contributed by atoms with van der Waals surface area (Å²) in [7, 11) is -2.21. The second-order valence-corrected chi connectivity index (χ2v) is 6.57. The van der Waals surface area contributed by atoms with Gasteiger partial charge in [-0.15, -0.1) is 0 Å². The second-order valence-electron chi connectivity index (χ2n) is 4.89. The normalized spacial score (nSPS) is 11.5. The molecule has 3 aromatic rings. The van der Waals surface area contributed by atoms with Gasteiger partial charge in [0.1, 0.15) is 5.75 Å². The zero-order chi connectivity index (χ0) is 15.7. The molecule has 0 aliphatic rings. The predicted octanol–water partition coefficient (Wildman–Crippen LogP) is 2.68. The number of methoxy groups -OCH3 is 1. The number of nitrogens with one attached hydrogen (secondary N) is 2. The lowest BCUT2D eigenvalue weighted by atomic mass is 10.2. The van der Waals surface area contributed by atoms with Crippen LogP contribution in [-0.2, 0) is 10.0 Å². The van der Waals surface area contributed by atoms with Crippen LogP contribution in [0.3, 0.4) is 0 Å². The Bertz CT molecular complexity index is 932. The molecule has 6 nitrogen and oxygen atoms in total. The third-order valence-corrected chi connectivity index (χ3v) is 4.66. The monoisotopic (exact) mass is 317 g/mol. The minimum atomic E-state index is -3.71. The second kappa shape index (κ2) is 5.34. The first-order valence-electron chi connectivity index (χ1n) is 6.60. The van der Waals surface area contributed by atoms with Crippen molar-refractivity contribution in [2.45, 2.75) is 11.8 Å². The maximum atomic E-state index is 12.5. The Kier molecular flexibility index (Phi) is 3.50. The number of aromatic nitrogens is 2. The fourth-order valence-corrected chi connectivity index (χ4v) is 3.27. The lowest BCUT2D eigenvalue weighted by Crippen LogP contribution is -2.13. The van der Waals surface area contributed by atoms with Crippen molar-refractivity contribution in [1.82, 2.24) is 9.97 Å². The number of hydrogen-bond donors (Lipinski definition) is 2. The van der Waals surface area contributed by atoms with E-state index in [1.807, 2.05) is 13.0 Å². The Hall–Kier alpha value is -2.54. The van der Waals surface area contributed by atoms with E-state index in [-0.39, 0.29) is 4.90 Å². The summed E-state index contributed by atoms with van der Waals surface area (Å²) in [5.74, 6) is 0.469. The van der Waals surface area contributed by atoms with Crippen molar-refractivity contribution in [1.29, 1.82) is 0 Å². The Morgan fingerprint density at radius 1 is 1.18 bits per heavy atom. The molecule has 1 aromatic heterocycles. The fraction of sp³-hybridized carbons (Fsp3) is 0.133. The van der Waals surface area contributed by atoms with Crippen molar-refractivity contribution in [3.05, 3.63) is 48.3 Å². The van der Waals surface area contributed by atoms with Gasteiger partial charge in [0, 0.05) is 0 Å². The van der Waals surface area contributed by atoms with Crippen LogP contribution in [0.5, 0.6) is 5.75 Å². The molecule has 7 heteroatoms. The third kappa shape index (κ3) is 2.62. The largest absolute Gasteiger partial charge is 0.495 e. The van der Waals surface area contributed by atoms with Crippen LogP contribution in [0.1, 0.15) is 5.56 Å². The molecule has 3 rings (SSSR count). The molecule has 0 saturated heterocycles. The molecule has 0 radical (unpaired) electrons. The minimum absolute atomic E-state index is 0.160. The van der Waals surface area contributed by atoms with Crippen LogP contribution in [0.25, 0.3) is 11.0 Å². The lowest BCUT2D eigenvalue weighted by molar-refractivity contribution is 0.417. The number of sulfonamides is 1. The van der Waals surface area contributed by atoms with Gasteiger partial charge in [0.2, 0.25) is 0 Å². The van der Waals surface area contributed by atoms with Gasteiger partial charge in [-0.25, -0.2) is 13.4 Å². The Labute approximate surface area is 128 Å². The third-order valence-electron chi connectivity index (χ3n) is 3.30. The van der Waals surface area contributed by atoms with Gasteiger partial charge in [-0.3, -0.25) is 4.72 Å². The molecule has 114 valence electrons. The summed E-state index contributed by atoms with van der Waals surface area (Å²) in [5, 5.41) is 0. The first-order chi connectivity index (χ1) is 10.5. The molecule has 0 atom stereocenters. The smallest absolute Gasteiger partial charge is 0.262 e. The van der Waals surface area contributed by atoms with Gasteiger partial charge in [0.25, 0.3) is 10.0 Å². The van der Waals surface area contributed by atoms with Crippen LogP contribution in [0.4, 0.5) is 5.69 Å². The molecule has 0 aliphatic carbocycles. The van der Waals surface area contributed by atoms with Crippen LogP contribution in [0.15, 0.2) is 47.6 Å². The van der Waals surface area contributed by atoms with E-state index in [9.17, 15) is 8.42 Å². The van der Waals surface area contributed by atoms with Crippen molar-refractivity contribution < 1.29 is 13.2 Å². The van der Waals surface area contributed by atoms with Crippen molar-refractivity contribution >= 4 is 26.7 Å². The highest BCUT2D eigenvalue weighted by atomic mass is 32.2. The standard InChI is InChI=1S/C15H15N3O3S/c1-10-3-6-15(21-2)14(7-10)18-22(19,20)11-4-5-12-13(8-11)17-9-16-12/h3-9,18H,1-2H3,(H,16,17). The molecule has 2 aromatic carbocycles. The highest BCUT2D eigenvalue weighted by Gasteiger charge is 2.17. The van der Waals surface area contributed by atoms with E-state index in [0.29, 0.717) is 22.5 Å². The summed E-state index contributed by atoms with van der Waals surface area (Å²) in [6.07, 6.45) is 1.53. The molecule has 22 heavy (non-hydrogen) atoms. The Morgan fingerprint density at radius 2 is 2.00 bits per heavy atom. The number of benzene rings is 2. The summed E-state index contributed by atoms with van der Waals surface area (Å²) in [6, 6.07) is 10.0. The number of anilines is 1. The van der Waals surface area contributed by atoms with Gasteiger partial charge in [-0.05, 0) is 42.8 Å². The van der Waals surface area contributed by atoms with E-state index in [0.717, 1.165) is 5.56 Å². The number of ether oxygens (including phenoxy) is 1. The van der Waals surface area contributed by atoms with Gasteiger partial charge in [-0.2, -0.15) is 0 Å². The maximum absolute atomic E-state index is 12.5. The lowest BCUT2D eigenvalue weighted by Gasteiger charge is -2.12. The van der Waals surface area contributed by atoms with Crippen LogP contribution in [0.2, 0.25) is 0 Å². The molecular weight excluding hydrogens is 302 g/mol. The zero-order valence-corrected chi connectivity index (χ0v) is 12.9. The van der Waals surface area contributed by atoms with E-state index in [1.165, 1.54) is 19.5 Å².